The third-order valence-corrected chi connectivity index (χ3v) is 5.43. The number of nitrogens with two attached hydrogens (primary N) is 1. The van der Waals surface area contributed by atoms with E-state index in [1.807, 2.05) is 36.4 Å². The average molecular weight is 434 g/mol. The molecule has 3 aromatic carbocycles. The Morgan fingerprint density at radius 2 is 1.67 bits per heavy atom. The number of aromatic nitrogens is 2. The third-order valence-electron chi connectivity index (χ3n) is 5.43. The van der Waals surface area contributed by atoms with Crippen molar-refractivity contribution >= 4 is 5.97 Å². The molecule has 0 saturated carbocycles. The van der Waals surface area contributed by atoms with Crippen LogP contribution in [0.4, 0.5) is 0 Å². The molecule has 0 unspecified atom stereocenters. The predicted octanol–water partition coefficient (Wildman–Crippen LogP) is 4.51. The molecule has 2 heterocycles. The number of allylic oxidation sites excluding steroid dienone is 1. The van der Waals surface area contributed by atoms with Gasteiger partial charge in [0.25, 0.3) is 0 Å². The van der Waals surface area contributed by atoms with Gasteiger partial charge in [-0.1, -0.05) is 60.7 Å². The van der Waals surface area contributed by atoms with E-state index >= 15 is 0 Å². The number of fused-ring (bicyclic) bond motifs is 1. The number of nitriles is 1. The summed E-state index contributed by atoms with van der Waals surface area (Å²) in [5.41, 5.74) is 9.97. The summed E-state index contributed by atoms with van der Waals surface area (Å²) in [7, 11) is 0. The van der Waals surface area contributed by atoms with Crippen LogP contribution in [0.15, 0.2) is 96.4 Å². The van der Waals surface area contributed by atoms with E-state index < -0.39 is 11.9 Å². The summed E-state index contributed by atoms with van der Waals surface area (Å²) in [6.07, 6.45) is 0. The van der Waals surface area contributed by atoms with Crippen molar-refractivity contribution in [2.75, 3.05) is 0 Å². The topological polar surface area (TPSA) is 114 Å². The molecule has 0 amide bonds. The molecule has 33 heavy (non-hydrogen) atoms. The average Bonchev–Trinajstić information content (AvgIpc) is 3.28. The first kappa shape index (κ1) is 20.1. The number of hydrogen-bond donors (Lipinski definition) is 2. The summed E-state index contributed by atoms with van der Waals surface area (Å²) in [5.74, 6) is -0.201. The van der Waals surface area contributed by atoms with Crippen LogP contribution in [-0.4, -0.2) is 16.2 Å². The molecule has 0 spiro atoms. The van der Waals surface area contributed by atoms with E-state index in [-0.39, 0.29) is 11.5 Å². The number of nitrogens with one attached hydrogen (secondary N) is 1. The van der Waals surface area contributed by atoms with E-state index in [1.54, 1.807) is 48.5 Å². The minimum Gasteiger partial charge on any atom is -0.423 e. The van der Waals surface area contributed by atoms with Gasteiger partial charge in [0.2, 0.25) is 11.8 Å². The lowest BCUT2D eigenvalue weighted by Gasteiger charge is -2.24. The second-order valence-electron chi connectivity index (χ2n) is 7.43. The third kappa shape index (κ3) is 3.70. The number of rotatable bonds is 4. The zero-order valence-electron chi connectivity index (χ0n) is 17.4. The fraction of sp³-hybridized carbons (Fsp3) is 0.0385. The van der Waals surface area contributed by atoms with Crippen molar-refractivity contribution in [3.05, 3.63) is 113 Å². The Bertz CT molecular complexity index is 1390. The first-order valence-corrected chi connectivity index (χ1v) is 10.2. The van der Waals surface area contributed by atoms with Crippen LogP contribution in [0, 0.1) is 11.3 Å². The molecule has 1 aliphatic rings. The quantitative estimate of drug-likeness (QED) is 0.361. The fourth-order valence-electron chi connectivity index (χ4n) is 3.87. The van der Waals surface area contributed by atoms with Crippen molar-refractivity contribution in [1.82, 2.24) is 10.2 Å². The number of benzene rings is 3. The first-order chi connectivity index (χ1) is 16.2. The van der Waals surface area contributed by atoms with Crippen LogP contribution >= 0.6 is 0 Å². The molecule has 1 aliphatic heterocycles. The van der Waals surface area contributed by atoms with Crippen molar-refractivity contribution in [3.8, 4) is 29.0 Å². The molecule has 0 radical (unpaired) electrons. The van der Waals surface area contributed by atoms with E-state index in [0.717, 1.165) is 22.4 Å². The highest BCUT2D eigenvalue weighted by Gasteiger charge is 2.35. The number of esters is 1. The molecule has 3 N–H and O–H groups in total. The second kappa shape index (κ2) is 8.36. The van der Waals surface area contributed by atoms with Gasteiger partial charge in [0, 0.05) is 0 Å². The van der Waals surface area contributed by atoms with Gasteiger partial charge in [0.15, 0.2) is 0 Å². The second-order valence-corrected chi connectivity index (χ2v) is 7.43. The first-order valence-electron chi connectivity index (χ1n) is 10.2. The van der Waals surface area contributed by atoms with Gasteiger partial charge in [-0.25, -0.2) is 4.79 Å². The van der Waals surface area contributed by atoms with Crippen LogP contribution in [0.25, 0.3) is 11.3 Å². The van der Waals surface area contributed by atoms with Gasteiger partial charge in [0.1, 0.15) is 17.4 Å². The van der Waals surface area contributed by atoms with E-state index in [4.69, 9.17) is 15.2 Å². The van der Waals surface area contributed by atoms with Gasteiger partial charge < -0.3 is 15.2 Å². The smallest absolute Gasteiger partial charge is 0.343 e. The lowest BCUT2D eigenvalue weighted by molar-refractivity contribution is 0.0734. The Hall–Kier alpha value is -4.83. The molecule has 4 aromatic rings. The number of nitrogens with zero attached hydrogens (tertiary/aromatic N) is 2. The van der Waals surface area contributed by atoms with Crippen molar-refractivity contribution in [3.63, 3.8) is 0 Å². The van der Waals surface area contributed by atoms with E-state index in [2.05, 4.69) is 16.3 Å². The molecule has 5 rings (SSSR count). The number of carbonyl (C=O) groups is 1. The Morgan fingerprint density at radius 3 is 2.33 bits per heavy atom. The molecule has 0 aliphatic carbocycles. The van der Waals surface area contributed by atoms with Gasteiger partial charge in [-0.15, -0.1) is 5.10 Å². The van der Waals surface area contributed by atoms with Gasteiger partial charge >= 0.3 is 5.97 Å². The summed E-state index contributed by atoms with van der Waals surface area (Å²) in [4.78, 5) is 12.4. The number of H-pyrrole nitrogens is 1. The number of ether oxygens (including phenoxy) is 2. The zero-order valence-corrected chi connectivity index (χ0v) is 17.4. The predicted molar refractivity (Wildman–Crippen MR) is 121 cm³/mol. The molecule has 1 aromatic heterocycles. The van der Waals surface area contributed by atoms with Crippen LogP contribution < -0.4 is 15.2 Å². The Labute approximate surface area is 189 Å². The maximum Gasteiger partial charge on any atom is 0.343 e. The van der Waals surface area contributed by atoms with Crippen LogP contribution in [0.2, 0.25) is 0 Å². The van der Waals surface area contributed by atoms with E-state index in [9.17, 15) is 10.1 Å². The minimum absolute atomic E-state index is 0.0145. The summed E-state index contributed by atoms with van der Waals surface area (Å²) >= 11 is 0. The van der Waals surface area contributed by atoms with Gasteiger partial charge in [-0.2, -0.15) is 5.26 Å². The summed E-state index contributed by atoms with van der Waals surface area (Å²) in [5, 5.41) is 17.1. The molecule has 0 fully saturated rings. The lowest BCUT2D eigenvalue weighted by Crippen LogP contribution is -2.21. The SMILES string of the molecule is N#CC1=C(N)Oc2n[nH]c(-c3ccccc3)c2[C@H]1c1ccc(OC(=O)c2ccccc2)cc1. The maximum absolute atomic E-state index is 12.4. The number of aromatic amines is 1. The van der Waals surface area contributed by atoms with Crippen molar-refractivity contribution in [2.24, 2.45) is 5.73 Å². The van der Waals surface area contributed by atoms with Crippen molar-refractivity contribution in [1.29, 1.82) is 5.26 Å². The monoisotopic (exact) mass is 434 g/mol. The maximum atomic E-state index is 12.4. The van der Waals surface area contributed by atoms with Crippen LogP contribution in [0.5, 0.6) is 11.6 Å². The highest BCUT2D eigenvalue weighted by atomic mass is 16.5. The minimum atomic E-state index is -0.494. The van der Waals surface area contributed by atoms with Gasteiger partial charge in [-0.3, -0.25) is 5.10 Å². The molecule has 0 bridgehead atoms. The molecule has 0 saturated heterocycles. The Balaban J connectivity index is 1.52. The molecule has 7 nitrogen and oxygen atoms in total. The van der Waals surface area contributed by atoms with E-state index in [0.29, 0.717) is 17.2 Å². The van der Waals surface area contributed by atoms with E-state index in [1.165, 1.54) is 0 Å². The Kier molecular flexibility index (Phi) is 5.09. The molecule has 1 atom stereocenters. The van der Waals surface area contributed by atoms with Crippen molar-refractivity contribution < 1.29 is 14.3 Å². The zero-order chi connectivity index (χ0) is 22.8. The van der Waals surface area contributed by atoms with Crippen molar-refractivity contribution in [2.45, 2.75) is 5.92 Å². The van der Waals surface area contributed by atoms with Gasteiger partial charge in [0.05, 0.1) is 22.7 Å². The Morgan fingerprint density at radius 1 is 1.00 bits per heavy atom. The number of carbonyl (C=O) groups excluding carboxylic acids is 1. The van der Waals surface area contributed by atoms with Crippen LogP contribution in [-0.2, 0) is 0 Å². The van der Waals surface area contributed by atoms with Crippen LogP contribution in [0.1, 0.15) is 27.4 Å². The lowest BCUT2D eigenvalue weighted by atomic mass is 9.83. The standard InChI is InChI=1S/C26H18N4O3/c27-15-20-21(16-11-13-19(14-12-16)32-26(31)18-9-5-2-6-10-18)22-23(17-7-3-1-4-8-17)29-30-25(22)33-24(20)28/h1-14,21H,28H2,(H,29,30)/t21-/m0/s1. The molecule has 7 heteroatoms. The normalized spacial score (nSPS) is 14.7. The molecular formula is C26H18N4O3. The summed E-state index contributed by atoms with van der Waals surface area (Å²) in [6, 6.07) is 27.6. The van der Waals surface area contributed by atoms with Crippen LogP contribution in [0.3, 0.4) is 0 Å². The largest absolute Gasteiger partial charge is 0.423 e. The number of hydrogen-bond acceptors (Lipinski definition) is 6. The summed E-state index contributed by atoms with van der Waals surface area (Å²) in [6.45, 7) is 0. The fourth-order valence-corrected chi connectivity index (χ4v) is 3.87. The molecular weight excluding hydrogens is 416 g/mol. The highest BCUT2D eigenvalue weighted by molar-refractivity contribution is 5.91. The highest BCUT2D eigenvalue weighted by Crippen LogP contribution is 2.45. The van der Waals surface area contributed by atoms with Gasteiger partial charge in [-0.05, 0) is 35.4 Å². The summed E-state index contributed by atoms with van der Waals surface area (Å²) < 4.78 is 11.1. The molecule has 160 valence electrons.